The van der Waals surface area contributed by atoms with Crippen LogP contribution in [0.5, 0.6) is 0 Å². The number of urea groups is 1. The van der Waals surface area contributed by atoms with E-state index in [4.69, 9.17) is 0 Å². The van der Waals surface area contributed by atoms with Gasteiger partial charge in [0.1, 0.15) is 0 Å². The van der Waals surface area contributed by atoms with E-state index >= 15 is 0 Å². The van der Waals surface area contributed by atoms with Crippen molar-refractivity contribution in [1.82, 2.24) is 14.7 Å². The molecule has 0 aromatic rings. The minimum atomic E-state index is -0.0685. The number of fused-ring (bicyclic) bond motifs is 1. The Morgan fingerprint density at radius 2 is 1.56 bits per heavy atom. The maximum atomic E-state index is 12.4. The zero-order valence-electron chi connectivity index (χ0n) is 12.7. The lowest BCUT2D eigenvalue weighted by Gasteiger charge is -2.43. The van der Waals surface area contributed by atoms with E-state index in [0.717, 1.165) is 26.2 Å². The molecule has 4 heteroatoms. The summed E-state index contributed by atoms with van der Waals surface area (Å²) >= 11 is 0. The highest BCUT2D eigenvalue weighted by Crippen LogP contribution is 2.29. The SMILES string of the molecule is CC(C)(C)N1CCN2C(=O)N(C(C)(C)C)C[C@@H]2C1. The molecule has 0 spiro atoms. The first-order valence-corrected chi connectivity index (χ1v) is 6.94. The van der Waals surface area contributed by atoms with Crippen molar-refractivity contribution in [3.63, 3.8) is 0 Å². The highest BCUT2D eigenvalue weighted by molar-refractivity contribution is 5.78. The molecule has 4 nitrogen and oxygen atoms in total. The van der Waals surface area contributed by atoms with E-state index in [1.54, 1.807) is 0 Å². The summed E-state index contributed by atoms with van der Waals surface area (Å²) < 4.78 is 0. The van der Waals surface area contributed by atoms with Gasteiger partial charge in [-0.25, -0.2) is 4.79 Å². The fourth-order valence-corrected chi connectivity index (χ4v) is 2.88. The van der Waals surface area contributed by atoms with Crippen LogP contribution in [-0.2, 0) is 0 Å². The third kappa shape index (κ3) is 2.35. The van der Waals surface area contributed by atoms with Crippen LogP contribution >= 0.6 is 0 Å². The Morgan fingerprint density at radius 1 is 0.944 bits per heavy atom. The Morgan fingerprint density at radius 3 is 2.06 bits per heavy atom. The molecule has 2 saturated heterocycles. The molecular weight excluding hydrogens is 226 g/mol. The Bertz CT molecular complexity index is 340. The van der Waals surface area contributed by atoms with Crippen molar-refractivity contribution in [2.75, 3.05) is 26.2 Å². The first-order chi connectivity index (χ1) is 8.10. The summed E-state index contributed by atoms with van der Waals surface area (Å²) in [6.45, 7) is 16.8. The van der Waals surface area contributed by atoms with Crippen molar-refractivity contribution >= 4 is 6.03 Å². The third-order valence-corrected chi connectivity index (χ3v) is 4.11. The average molecular weight is 253 g/mol. The van der Waals surface area contributed by atoms with E-state index in [1.165, 1.54) is 0 Å². The van der Waals surface area contributed by atoms with Crippen LogP contribution in [0.15, 0.2) is 0 Å². The standard InChI is InChI=1S/C14H27N3O/c1-13(2,3)15-7-8-16-11(9-15)10-17(12(16)18)14(4,5)6/h11H,7-10H2,1-6H3/t11-/m0/s1. The minimum absolute atomic E-state index is 0.0685. The Kier molecular flexibility index (Phi) is 3.13. The Labute approximate surface area is 111 Å². The van der Waals surface area contributed by atoms with Crippen molar-refractivity contribution in [1.29, 1.82) is 0 Å². The largest absolute Gasteiger partial charge is 0.320 e. The van der Waals surface area contributed by atoms with Crippen LogP contribution in [-0.4, -0.2) is 64.0 Å². The fourth-order valence-electron chi connectivity index (χ4n) is 2.88. The molecule has 2 aliphatic rings. The van der Waals surface area contributed by atoms with Crippen molar-refractivity contribution in [2.45, 2.75) is 58.7 Å². The number of hydrogen-bond acceptors (Lipinski definition) is 2. The summed E-state index contributed by atoms with van der Waals surface area (Å²) in [5, 5.41) is 0. The zero-order valence-corrected chi connectivity index (χ0v) is 12.7. The molecular formula is C14H27N3O. The van der Waals surface area contributed by atoms with Gasteiger partial charge in [-0.05, 0) is 41.5 Å². The van der Waals surface area contributed by atoms with Crippen LogP contribution < -0.4 is 0 Å². The van der Waals surface area contributed by atoms with Crippen molar-refractivity contribution in [3.05, 3.63) is 0 Å². The predicted molar refractivity (Wildman–Crippen MR) is 73.7 cm³/mol. The van der Waals surface area contributed by atoms with Gasteiger partial charge in [-0.3, -0.25) is 4.90 Å². The summed E-state index contributed by atoms with van der Waals surface area (Å²) in [6, 6.07) is 0.589. The van der Waals surface area contributed by atoms with Gasteiger partial charge in [0.15, 0.2) is 0 Å². The topological polar surface area (TPSA) is 26.8 Å². The van der Waals surface area contributed by atoms with E-state index < -0.39 is 0 Å². The van der Waals surface area contributed by atoms with E-state index in [9.17, 15) is 4.79 Å². The minimum Gasteiger partial charge on any atom is -0.318 e. The molecule has 0 saturated carbocycles. The van der Waals surface area contributed by atoms with E-state index in [0.29, 0.717) is 6.04 Å². The molecule has 0 N–H and O–H groups in total. The highest BCUT2D eigenvalue weighted by Gasteiger charge is 2.45. The molecule has 2 fully saturated rings. The van der Waals surface area contributed by atoms with Crippen LogP contribution in [0.4, 0.5) is 4.79 Å². The quantitative estimate of drug-likeness (QED) is 0.660. The van der Waals surface area contributed by atoms with Gasteiger partial charge in [0.25, 0.3) is 0 Å². The Balaban J connectivity index is 2.11. The number of carbonyl (C=O) groups excluding carboxylic acids is 1. The monoisotopic (exact) mass is 253 g/mol. The summed E-state index contributed by atoms with van der Waals surface area (Å²) in [4.78, 5) is 19.0. The van der Waals surface area contributed by atoms with Crippen molar-refractivity contribution in [2.24, 2.45) is 0 Å². The van der Waals surface area contributed by atoms with Gasteiger partial charge in [0.2, 0.25) is 0 Å². The van der Waals surface area contributed by atoms with Crippen LogP contribution in [0.25, 0.3) is 0 Å². The Hall–Kier alpha value is -0.770. The number of carbonyl (C=O) groups is 1. The highest BCUT2D eigenvalue weighted by atomic mass is 16.2. The molecule has 0 radical (unpaired) electrons. The van der Waals surface area contributed by atoms with Crippen molar-refractivity contribution in [3.8, 4) is 0 Å². The van der Waals surface area contributed by atoms with E-state index in [-0.39, 0.29) is 17.1 Å². The van der Waals surface area contributed by atoms with Gasteiger partial charge < -0.3 is 9.80 Å². The first-order valence-electron chi connectivity index (χ1n) is 6.94. The second-order valence-electron chi connectivity index (χ2n) is 7.53. The maximum Gasteiger partial charge on any atom is 0.320 e. The molecule has 2 amide bonds. The molecule has 0 bridgehead atoms. The molecule has 104 valence electrons. The summed E-state index contributed by atoms with van der Waals surface area (Å²) in [6.07, 6.45) is 0. The average Bonchev–Trinajstić information content (AvgIpc) is 2.54. The van der Waals surface area contributed by atoms with Gasteiger partial charge in [-0.1, -0.05) is 0 Å². The lowest BCUT2D eigenvalue weighted by molar-refractivity contribution is 0.0558. The summed E-state index contributed by atoms with van der Waals surface area (Å²) in [7, 11) is 0. The molecule has 2 heterocycles. The van der Waals surface area contributed by atoms with Gasteiger partial charge >= 0.3 is 6.03 Å². The summed E-state index contributed by atoms with van der Waals surface area (Å²) in [5.74, 6) is 0. The fraction of sp³-hybridized carbons (Fsp3) is 0.929. The molecule has 18 heavy (non-hydrogen) atoms. The first kappa shape index (κ1) is 13.7. The number of piperazine rings is 1. The number of rotatable bonds is 0. The molecule has 0 aromatic heterocycles. The molecule has 1 atom stereocenters. The van der Waals surface area contributed by atoms with Gasteiger partial charge in [0, 0.05) is 37.3 Å². The van der Waals surface area contributed by atoms with Crippen LogP contribution in [0.2, 0.25) is 0 Å². The van der Waals surface area contributed by atoms with Gasteiger partial charge in [-0.15, -0.1) is 0 Å². The zero-order chi connectivity index (χ0) is 13.7. The normalized spacial score (nSPS) is 26.8. The number of nitrogens with zero attached hydrogens (tertiary/aromatic N) is 3. The second-order valence-corrected chi connectivity index (χ2v) is 7.53. The molecule has 0 unspecified atom stereocenters. The second kappa shape index (κ2) is 4.12. The molecule has 2 rings (SSSR count). The smallest absolute Gasteiger partial charge is 0.318 e. The number of hydrogen-bond donors (Lipinski definition) is 0. The van der Waals surface area contributed by atoms with Crippen LogP contribution in [0.1, 0.15) is 41.5 Å². The van der Waals surface area contributed by atoms with Crippen molar-refractivity contribution < 1.29 is 4.79 Å². The lowest BCUT2D eigenvalue weighted by Crippen LogP contribution is -2.57. The van der Waals surface area contributed by atoms with Gasteiger partial charge in [-0.2, -0.15) is 0 Å². The third-order valence-electron chi connectivity index (χ3n) is 4.11. The van der Waals surface area contributed by atoms with E-state index in [1.807, 2.05) is 4.90 Å². The molecule has 0 aromatic carbocycles. The van der Waals surface area contributed by atoms with E-state index in [2.05, 4.69) is 51.3 Å². The number of amides is 2. The lowest BCUT2D eigenvalue weighted by atomic mass is 10.0. The van der Waals surface area contributed by atoms with Gasteiger partial charge in [0.05, 0.1) is 6.04 Å². The van der Waals surface area contributed by atoms with Crippen LogP contribution in [0.3, 0.4) is 0 Å². The summed E-state index contributed by atoms with van der Waals surface area (Å²) in [5.41, 5.74) is 0.130. The molecule has 0 aliphatic carbocycles. The molecule has 2 aliphatic heterocycles. The van der Waals surface area contributed by atoms with Crippen LogP contribution in [0, 0.1) is 0 Å². The maximum absolute atomic E-state index is 12.4. The predicted octanol–water partition coefficient (Wildman–Crippen LogP) is 2.01.